The first-order valence-corrected chi connectivity index (χ1v) is 6.88. The zero-order valence-corrected chi connectivity index (χ0v) is 12.8. The largest absolute Gasteiger partial charge is 0.477 e. The fourth-order valence-corrected chi connectivity index (χ4v) is 2.34. The highest BCUT2D eigenvalue weighted by Crippen LogP contribution is 2.23. The molecule has 1 N–H and O–H groups in total. The Bertz CT molecular complexity index is 590. The molecule has 0 unspecified atom stereocenters. The Morgan fingerprint density at radius 1 is 1.38 bits per heavy atom. The first kappa shape index (κ1) is 15.3. The van der Waals surface area contributed by atoms with Crippen LogP contribution in [-0.4, -0.2) is 39.2 Å². The number of aromatic carboxylic acids is 1. The Labute approximate surface area is 123 Å². The van der Waals surface area contributed by atoms with Crippen LogP contribution in [0.1, 0.15) is 48.1 Å². The second-order valence-electron chi connectivity index (χ2n) is 6.21. The number of fused-ring (bicyclic) bond motifs is 1. The molecule has 1 aromatic heterocycles. The first-order valence-electron chi connectivity index (χ1n) is 6.88. The van der Waals surface area contributed by atoms with E-state index in [1.807, 2.05) is 27.7 Å². The molecule has 2 heterocycles. The van der Waals surface area contributed by atoms with Gasteiger partial charge in [0.05, 0.1) is 12.2 Å². The third kappa shape index (κ3) is 3.51. The maximum atomic E-state index is 12.1. The van der Waals surface area contributed by atoms with Gasteiger partial charge in [-0.05, 0) is 51.3 Å². The van der Waals surface area contributed by atoms with Crippen LogP contribution < -0.4 is 0 Å². The molecule has 114 valence electrons. The molecule has 0 saturated heterocycles. The zero-order valence-electron chi connectivity index (χ0n) is 12.8. The summed E-state index contributed by atoms with van der Waals surface area (Å²) in [5.41, 5.74) is 2.03. The van der Waals surface area contributed by atoms with E-state index in [1.54, 1.807) is 11.0 Å². The van der Waals surface area contributed by atoms with E-state index in [-0.39, 0.29) is 12.2 Å². The van der Waals surface area contributed by atoms with Crippen LogP contribution in [0.15, 0.2) is 6.07 Å². The summed E-state index contributed by atoms with van der Waals surface area (Å²) in [5.74, 6) is -1.06. The molecule has 0 bridgehead atoms. The molecule has 6 nitrogen and oxygen atoms in total. The van der Waals surface area contributed by atoms with Gasteiger partial charge in [-0.25, -0.2) is 14.6 Å². The van der Waals surface area contributed by atoms with Gasteiger partial charge in [0, 0.05) is 6.54 Å². The molecular formula is C15H20N2O4. The van der Waals surface area contributed by atoms with Gasteiger partial charge in [-0.1, -0.05) is 0 Å². The third-order valence-corrected chi connectivity index (χ3v) is 3.28. The van der Waals surface area contributed by atoms with Crippen molar-refractivity contribution >= 4 is 12.1 Å². The summed E-state index contributed by atoms with van der Waals surface area (Å²) >= 11 is 0. The number of rotatable bonds is 1. The number of carboxylic acid groups (broad SMARTS) is 1. The molecule has 0 aromatic carbocycles. The normalized spacial score (nSPS) is 14.6. The van der Waals surface area contributed by atoms with Gasteiger partial charge >= 0.3 is 12.1 Å². The van der Waals surface area contributed by atoms with Gasteiger partial charge < -0.3 is 14.7 Å². The molecule has 1 aliphatic rings. The maximum absolute atomic E-state index is 12.1. The Morgan fingerprint density at radius 3 is 2.62 bits per heavy atom. The van der Waals surface area contributed by atoms with Crippen molar-refractivity contribution < 1.29 is 19.4 Å². The zero-order chi connectivity index (χ0) is 15.8. The minimum Gasteiger partial charge on any atom is -0.477 e. The smallest absolute Gasteiger partial charge is 0.410 e. The molecule has 0 fully saturated rings. The Kier molecular flexibility index (Phi) is 3.89. The Hall–Kier alpha value is -2.11. The monoisotopic (exact) mass is 292 g/mol. The fourth-order valence-electron chi connectivity index (χ4n) is 2.34. The summed E-state index contributed by atoms with van der Waals surface area (Å²) in [4.78, 5) is 28.9. The van der Waals surface area contributed by atoms with Crippen molar-refractivity contribution in [3.63, 3.8) is 0 Å². The average molecular weight is 292 g/mol. The molecule has 0 aliphatic carbocycles. The predicted molar refractivity (Wildman–Crippen MR) is 76.3 cm³/mol. The second kappa shape index (κ2) is 5.35. The highest BCUT2D eigenvalue weighted by molar-refractivity contribution is 5.85. The molecule has 0 saturated carbocycles. The van der Waals surface area contributed by atoms with Crippen LogP contribution in [0.4, 0.5) is 4.79 Å². The van der Waals surface area contributed by atoms with Crippen molar-refractivity contribution in [3.8, 4) is 0 Å². The summed E-state index contributed by atoms with van der Waals surface area (Å²) < 4.78 is 5.34. The SMILES string of the molecule is Cc1cc(C(=O)O)nc2c1CCN(C(=O)OC(C)(C)C)C2. The van der Waals surface area contributed by atoms with E-state index >= 15 is 0 Å². The number of aryl methyl sites for hydroxylation is 1. The number of carbonyl (C=O) groups is 2. The average Bonchev–Trinajstić information content (AvgIpc) is 2.35. The minimum atomic E-state index is -1.06. The van der Waals surface area contributed by atoms with Gasteiger partial charge in [0.1, 0.15) is 11.3 Å². The lowest BCUT2D eigenvalue weighted by Crippen LogP contribution is -2.40. The van der Waals surface area contributed by atoms with Crippen molar-refractivity contribution in [2.24, 2.45) is 0 Å². The molecule has 21 heavy (non-hydrogen) atoms. The van der Waals surface area contributed by atoms with E-state index in [4.69, 9.17) is 9.84 Å². The van der Waals surface area contributed by atoms with Crippen molar-refractivity contribution in [2.45, 2.75) is 46.3 Å². The number of nitrogens with zero attached hydrogens (tertiary/aromatic N) is 2. The van der Waals surface area contributed by atoms with E-state index in [9.17, 15) is 9.59 Å². The topological polar surface area (TPSA) is 79.7 Å². The third-order valence-electron chi connectivity index (χ3n) is 3.28. The lowest BCUT2D eigenvalue weighted by molar-refractivity contribution is 0.0220. The van der Waals surface area contributed by atoms with Gasteiger partial charge in [0.25, 0.3) is 0 Å². The summed E-state index contributed by atoms with van der Waals surface area (Å²) in [6, 6.07) is 1.57. The molecule has 2 rings (SSSR count). The van der Waals surface area contributed by atoms with Crippen LogP contribution in [0.2, 0.25) is 0 Å². The summed E-state index contributed by atoms with van der Waals surface area (Å²) in [6.07, 6.45) is 0.265. The first-order chi connectivity index (χ1) is 9.67. The van der Waals surface area contributed by atoms with Crippen LogP contribution in [0.3, 0.4) is 0 Å². The molecular weight excluding hydrogens is 272 g/mol. The van der Waals surface area contributed by atoms with Gasteiger partial charge in [-0.2, -0.15) is 0 Å². The molecule has 1 aliphatic heterocycles. The van der Waals surface area contributed by atoms with E-state index in [2.05, 4.69) is 4.98 Å². The van der Waals surface area contributed by atoms with Crippen LogP contribution in [0.5, 0.6) is 0 Å². The second-order valence-corrected chi connectivity index (χ2v) is 6.21. The molecule has 6 heteroatoms. The number of hydrogen-bond donors (Lipinski definition) is 1. The lowest BCUT2D eigenvalue weighted by Gasteiger charge is -2.31. The molecule has 0 atom stereocenters. The molecule has 0 spiro atoms. The number of hydrogen-bond acceptors (Lipinski definition) is 4. The van der Waals surface area contributed by atoms with Crippen LogP contribution in [0.25, 0.3) is 0 Å². The van der Waals surface area contributed by atoms with E-state index < -0.39 is 17.7 Å². The molecule has 0 radical (unpaired) electrons. The predicted octanol–water partition coefficient (Wildman–Crippen LogP) is 2.38. The van der Waals surface area contributed by atoms with Gasteiger partial charge in [0.15, 0.2) is 0 Å². The summed E-state index contributed by atoms with van der Waals surface area (Å²) in [5, 5.41) is 9.07. The van der Waals surface area contributed by atoms with Gasteiger partial charge in [-0.3, -0.25) is 0 Å². The van der Waals surface area contributed by atoms with Crippen LogP contribution >= 0.6 is 0 Å². The van der Waals surface area contributed by atoms with Crippen LogP contribution in [0, 0.1) is 6.92 Å². The highest BCUT2D eigenvalue weighted by atomic mass is 16.6. The fraction of sp³-hybridized carbons (Fsp3) is 0.533. The molecule has 1 aromatic rings. The quantitative estimate of drug-likeness (QED) is 0.859. The lowest BCUT2D eigenvalue weighted by atomic mass is 9.99. The van der Waals surface area contributed by atoms with Crippen molar-refractivity contribution in [2.75, 3.05) is 6.54 Å². The van der Waals surface area contributed by atoms with Crippen LogP contribution in [-0.2, 0) is 17.7 Å². The van der Waals surface area contributed by atoms with E-state index in [0.29, 0.717) is 18.7 Å². The highest BCUT2D eigenvalue weighted by Gasteiger charge is 2.27. The number of amides is 1. The number of carboxylic acids is 1. The molecule has 1 amide bonds. The number of carbonyl (C=O) groups excluding carboxylic acids is 1. The number of pyridine rings is 1. The van der Waals surface area contributed by atoms with Crippen molar-refractivity contribution in [1.82, 2.24) is 9.88 Å². The van der Waals surface area contributed by atoms with E-state index in [1.165, 1.54) is 0 Å². The van der Waals surface area contributed by atoms with Crippen molar-refractivity contribution in [3.05, 3.63) is 28.6 Å². The standard InChI is InChI=1S/C15H20N2O4/c1-9-7-11(13(18)19)16-12-8-17(6-5-10(9)12)14(20)21-15(2,3)4/h7H,5-6,8H2,1-4H3,(H,18,19). The Morgan fingerprint density at radius 2 is 2.05 bits per heavy atom. The van der Waals surface area contributed by atoms with Gasteiger partial charge in [-0.15, -0.1) is 0 Å². The summed E-state index contributed by atoms with van der Waals surface area (Å²) in [6.45, 7) is 8.15. The number of ether oxygens (including phenoxy) is 1. The van der Waals surface area contributed by atoms with Crippen molar-refractivity contribution in [1.29, 1.82) is 0 Å². The minimum absolute atomic E-state index is 0.0114. The van der Waals surface area contributed by atoms with Gasteiger partial charge in [0.2, 0.25) is 0 Å². The Balaban J connectivity index is 2.23. The summed E-state index contributed by atoms with van der Waals surface area (Å²) in [7, 11) is 0. The number of aromatic nitrogens is 1. The van der Waals surface area contributed by atoms with E-state index in [0.717, 1.165) is 11.1 Å². The maximum Gasteiger partial charge on any atom is 0.410 e.